The highest BCUT2D eigenvalue weighted by atomic mass is 32.2. The Labute approximate surface area is 137 Å². The molecule has 0 aliphatic rings. The van der Waals surface area contributed by atoms with Gasteiger partial charge in [-0.2, -0.15) is 0 Å². The number of thioether (sulfide) groups is 2. The van der Waals surface area contributed by atoms with E-state index in [9.17, 15) is 4.39 Å². The minimum Gasteiger partial charge on any atom is -0.277 e. The van der Waals surface area contributed by atoms with E-state index >= 15 is 0 Å². The smallest absolute Gasteiger partial charge is 0.195 e. The molecule has 22 heavy (non-hydrogen) atoms. The monoisotopic (exact) mass is 331 g/mol. The van der Waals surface area contributed by atoms with E-state index in [4.69, 9.17) is 0 Å². The SMILES string of the molecule is Fc1ccc(SCCSc2nncn2-c2ccccc2)cc1. The van der Waals surface area contributed by atoms with E-state index in [1.807, 2.05) is 34.9 Å². The van der Waals surface area contributed by atoms with Gasteiger partial charge in [0, 0.05) is 22.1 Å². The molecule has 0 N–H and O–H groups in total. The molecule has 0 saturated carbocycles. The van der Waals surface area contributed by atoms with Gasteiger partial charge < -0.3 is 0 Å². The van der Waals surface area contributed by atoms with Crippen LogP contribution >= 0.6 is 23.5 Å². The van der Waals surface area contributed by atoms with Crippen LogP contribution in [0, 0.1) is 5.82 Å². The summed E-state index contributed by atoms with van der Waals surface area (Å²) in [6, 6.07) is 16.6. The molecule has 0 atom stereocenters. The van der Waals surface area contributed by atoms with Crippen molar-refractivity contribution >= 4 is 23.5 Å². The Morgan fingerprint density at radius 3 is 2.41 bits per heavy atom. The molecule has 6 heteroatoms. The molecule has 3 rings (SSSR count). The summed E-state index contributed by atoms with van der Waals surface area (Å²) in [7, 11) is 0. The van der Waals surface area contributed by atoms with Crippen molar-refractivity contribution in [2.24, 2.45) is 0 Å². The molecule has 1 heterocycles. The Morgan fingerprint density at radius 1 is 0.909 bits per heavy atom. The number of benzene rings is 2. The molecule has 3 nitrogen and oxygen atoms in total. The van der Waals surface area contributed by atoms with E-state index in [-0.39, 0.29) is 5.82 Å². The molecule has 2 aromatic carbocycles. The summed E-state index contributed by atoms with van der Waals surface area (Å²) in [6.07, 6.45) is 1.73. The number of halogens is 1. The first-order valence-corrected chi connectivity index (χ1v) is 8.77. The van der Waals surface area contributed by atoms with E-state index in [1.54, 1.807) is 42.0 Å². The van der Waals surface area contributed by atoms with Crippen molar-refractivity contribution in [2.45, 2.75) is 10.1 Å². The number of rotatable bonds is 6. The largest absolute Gasteiger partial charge is 0.277 e. The number of nitrogens with zero attached hydrogens (tertiary/aromatic N) is 3. The zero-order chi connectivity index (χ0) is 15.2. The van der Waals surface area contributed by atoms with Crippen molar-refractivity contribution in [1.29, 1.82) is 0 Å². The quantitative estimate of drug-likeness (QED) is 0.498. The first-order chi connectivity index (χ1) is 10.8. The molecule has 0 unspecified atom stereocenters. The predicted octanol–water partition coefficient (Wildman–Crippen LogP) is 4.29. The van der Waals surface area contributed by atoms with Gasteiger partial charge in [0.2, 0.25) is 0 Å². The summed E-state index contributed by atoms with van der Waals surface area (Å²) >= 11 is 3.37. The molecule has 0 amide bonds. The highest BCUT2D eigenvalue weighted by Crippen LogP contribution is 2.23. The van der Waals surface area contributed by atoms with Crippen LogP contribution in [0.4, 0.5) is 4.39 Å². The van der Waals surface area contributed by atoms with Crippen molar-refractivity contribution in [3.05, 3.63) is 66.7 Å². The van der Waals surface area contributed by atoms with Crippen LogP contribution in [0.25, 0.3) is 5.69 Å². The van der Waals surface area contributed by atoms with E-state index in [1.165, 1.54) is 12.1 Å². The normalized spacial score (nSPS) is 10.8. The van der Waals surface area contributed by atoms with Crippen LogP contribution < -0.4 is 0 Å². The third kappa shape index (κ3) is 3.90. The second-order valence-corrected chi connectivity index (χ2v) is 6.70. The maximum absolute atomic E-state index is 12.8. The topological polar surface area (TPSA) is 30.7 Å². The third-order valence-corrected chi connectivity index (χ3v) is 5.16. The average molecular weight is 331 g/mol. The molecule has 0 aliphatic heterocycles. The molecule has 112 valence electrons. The highest BCUT2D eigenvalue weighted by molar-refractivity contribution is 8.02. The summed E-state index contributed by atoms with van der Waals surface area (Å²) in [5, 5.41) is 9.04. The van der Waals surface area contributed by atoms with Gasteiger partial charge >= 0.3 is 0 Å². The number of para-hydroxylation sites is 1. The van der Waals surface area contributed by atoms with Crippen LogP contribution in [0.5, 0.6) is 0 Å². The second-order valence-electron chi connectivity index (χ2n) is 4.47. The molecule has 0 aliphatic carbocycles. The van der Waals surface area contributed by atoms with Crippen LogP contribution in [0.3, 0.4) is 0 Å². The summed E-state index contributed by atoms with van der Waals surface area (Å²) in [5.74, 6) is 1.64. The maximum atomic E-state index is 12.8. The standard InChI is InChI=1S/C16H14FN3S2/c17-13-6-8-15(9-7-13)21-10-11-22-16-19-18-12-20(16)14-4-2-1-3-5-14/h1-9,12H,10-11H2. The van der Waals surface area contributed by atoms with E-state index in [2.05, 4.69) is 10.2 Å². The Bertz CT molecular complexity index is 714. The van der Waals surface area contributed by atoms with Gasteiger partial charge in [0.1, 0.15) is 12.1 Å². The third-order valence-electron chi connectivity index (χ3n) is 2.95. The summed E-state index contributed by atoms with van der Waals surface area (Å²) in [5.41, 5.74) is 1.06. The number of aromatic nitrogens is 3. The molecule has 0 saturated heterocycles. The van der Waals surface area contributed by atoms with Gasteiger partial charge in [-0.3, -0.25) is 4.57 Å². The Kier molecular flexibility index (Phi) is 5.13. The van der Waals surface area contributed by atoms with Gasteiger partial charge in [-0.05, 0) is 36.4 Å². The van der Waals surface area contributed by atoms with E-state index in [0.29, 0.717) is 0 Å². The van der Waals surface area contributed by atoms with Crippen molar-refractivity contribution in [3.8, 4) is 5.69 Å². The van der Waals surface area contributed by atoms with Crippen LogP contribution in [0.15, 0.2) is 71.0 Å². The molecule has 0 fully saturated rings. The molecule has 0 spiro atoms. The minimum atomic E-state index is -0.199. The van der Waals surface area contributed by atoms with Gasteiger partial charge in [0.25, 0.3) is 0 Å². The lowest BCUT2D eigenvalue weighted by molar-refractivity contribution is 0.626. The van der Waals surface area contributed by atoms with Gasteiger partial charge in [-0.25, -0.2) is 4.39 Å². The maximum Gasteiger partial charge on any atom is 0.195 e. The van der Waals surface area contributed by atoms with Gasteiger partial charge in [0.05, 0.1) is 0 Å². The Balaban J connectivity index is 1.54. The summed E-state index contributed by atoms with van der Waals surface area (Å²) in [4.78, 5) is 1.08. The predicted molar refractivity (Wildman–Crippen MR) is 89.2 cm³/mol. The number of hydrogen-bond donors (Lipinski definition) is 0. The molecule has 0 bridgehead atoms. The van der Waals surface area contributed by atoms with Crippen molar-refractivity contribution < 1.29 is 4.39 Å². The molecule has 0 radical (unpaired) electrons. The Hall–Kier alpha value is -1.79. The Morgan fingerprint density at radius 2 is 1.64 bits per heavy atom. The molecule has 3 aromatic rings. The lowest BCUT2D eigenvalue weighted by Gasteiger charge is -2.05. The van der Waals surface area contributed by atoms with Crippen molar-refractivity contribution in [3.63, 3.8) is 0 Å². The van der Waals surface area contributed by atoms with E-state index in [0.717, 1.165) is 27.2 Å². The average Bonchev–Trinajstić information content (AvgIpc) is 3.02. The lowest BCUT2D eigenvalue weighted by Crippen LogP contribution is -1.96. The first kappa shape index (κ1) is 15.1. The van der Waals surface area contributed by atoms with Gasteiger partial charge in [-0.1, -0.05) is 30.0 Å². The van der Waals surface area contributed by atoms with Gasteiger partial charge in [0.15, 0.2) is 5.16 Å². The summed E-state index contributed by atoms with van der Waals surface area (Å²) in [6.45, 7) is 0. The minimum absolute atomic E-state index is 0.199. The zero-order valence-electron chi connectivity index (χ0n) is 11.7. The fraction of sp³-hybridized carbons (Fsp3) is 0.125. The highest BCUT2D eigenvalue weighted by Gasteiger charge is 2.06. The van der Waals surface area contributed by atoms with Crippen LogP contribution in [0.1, 0.15) is 0 Å². The first-order valence-electron chi connectivity index (χ1n) is 6.79. The van der Waals surface area contributed by atoms with Crippen molar-refractivity contribution in [2.75, 3.05) is 11.5 Å². The molecular formula is C16H14FN3S2. The zero-order valence-corrected chi connectivity index (χ0v) is 13.4. The van der Waals surface area contributed by atoms with Crippen LogP contribution in [-0.4, -0.2) is 26.3 Å². The van der Waals surface area contributed by atoms with Gasteiger partial charge in [-0.15, -0.1) is 22.0 Å². The second kappa shape index (κ2) is 7.47. The summed E-state index contributed by atoms with van der Waals surface area (Å²) < 4.78 is 14.8. The number of hydrogen-bond acceptors (Lipinski definition) is 4. The van der Waals surface area contributed by atoms with E-state index < -0.39 is 0 Å². The van der Waals surface area contributed by atoms with Crippen molar-refractivity contribution in [1.82, 2.24) is 14.8 Å². The molecule has 1 aromatic heterocycles. The molecular weight excluding hydrogens is 317 g/mol. The van der Waals surface area contributed by atoms with Crippen LogP contribution in [-0.2, 0) is 0 Å². The lowest BCUT2D eigenvalue weighted by atomic mass is 10.3. The fourth-order valence-corrected chi connectivity index (χ4v) is 3.72. The van der Waals surface area contributed by atoms with Crippen LogP contribution in [0.2, 0.25) is 0 Å². The fourth-order valence-electron chi connectivity index (χ4n) is 1.91.